The van der Waals surface area contributed by atoms with Gasteiger partial charge in [-0.2, -0.15) is 5.10 Å². The quantitative estimate of drug-likeness (QED) is 0.532. The molecule has 6 nitrogen and oxygen atoms in total. The second-order valence-electron chi connectivity index (χ2n) is 7.34. The minimum absolute atomic E-state index is 0.123. The number of benzene rings is 2. The molecule has 0 saturated heterocycles. The summed E-state index contributed by atoms with van der Waals surface area (Å²) >= 11 is 6.27. The van der Waals surface area contributed by atoms with Gasteiger partial charge in [-0.15, -0.1) is 0 Å². The fraction of sp³-hybridized carbons (Fsp3) is 0.227. The fourth-order valence-corrected chi connectivity index (χ4v) is 4.01. The van der Waals surface area contributed by atoms with Crippen LogP contribution in [0, 0.1) is 6.92 Å². The molecule has 2 heterocycles. The van der Waals surface area contributed by atoms with Gasteiger partial charge in [-0.05, 0) is 45.0 Å². The molecule has 4 rings (SSSR count). The molecule has 2 aromatic carbocycles. The minimum Gasteiger partial charge on any atom is -0.480 e. The van der Waals surface area contributed by atoms with Gasteiger partial charge in [-0.3, -0.25) is 9.59 Å². The molecule has 0 unspecified atom stereocenters. The third-order valence-electron chi connectivity index (χ3n) is 5.13. The van der Waals surface area contributed by atoms with Crippen molar-refractivity contribution in [1.29, 1.82) is 0 Å². The maximum atomic E-state index is 12.9. The maximum Gasteiger partial charge on any atom is 0.323 e. The summed E-state index contributed by atoms with van der Waals surface area (Å²) in [5, 5.41) is 16.8. The second kappa shape index (κ2) is 7.04. The van der Waals surface area contributed by atoms with Gasteiger partial charge >= 0.3 is 5.97 Å². The van der Waals surface area contributed by atoms with Crippen LogP contribution in [0.25, 0.3) is 32.9 Å². The Balaban J connectivity index is 2.18. The van der Waals surface area contributed by atoms with E-state index >= 15 is 0 Å². The van der Waals surface area contributed by atoms with Gasteiger partial charge in [0.1, 0.15) is 12.2 Å². The first-order chi connectivity index (χ1) is 13.8. The first-order valence-electron chi connectivity index (χ1n) is 9.31. The van der Waals surface area contributed by atoms with E-state index in [-0.39, 0.29) is 18.1 Å². The van der Waals surface area contributed by atoms with Gasteiger partial charge in [0.15, 0.2) is 0 Å². The second-order valence-corrected chi connectivity index (χ2v) is 7.78. The predicted molar refractivity (Wildman–Crippen MR) is 115 cm³/mol. The molecular formula is C22H20ClN3O3. The molecule has 0 aliphatic rings. The van der Waals surface area contributed by atoms with Gasteiger partial charge in [-0.1, -0.05) is 29.8 Å². The molecule has 0 fully saturated rings. The Hall–Kier alpha value is -3.12. The summed E-state index contributed by atoms with van der Waals surface area (Å²) in [6, 6.07) is 12.6. The van der Waals surface area contributed by atoms with Crippen molar-refractivity contribution >= 4 is 39.2 Å². The van der Waals surface area contributed by atoms with Crippen molar-refractivity contribution in [2.75, 3.05) is 0 Å². The first-order valence-corrected chi connectivity index (χ1v) is 9.69. The molecule has 0 aliphatic carbocycles. The highest BCUT2D eigenvalue weighted by Crippen LogP contribution is 2.37. The summed E-state index contributed by atoms with van der Waals surface area (Å²) in [5.74, 6) is -0.934. The van der Waals surface area contributed by atoms with Crippen molar-refractivity contribution in [3.63, 3.8) is 0 Å². The average Bonchev–Trinajstić information content (AvgIpc) is 2.93. The van der Waals surface area contributed by atoms with E-state index in [1.54, 1.807) is 16.7 Å². The summed E-state index contributed by atoms with van der Waals surface area (Å²) in [6.07, 6.45) is 0. The molecule has 1 N–H and O–H groups in total. The van der Waals surface area contributed by atoms with Gasteiger partial charge in [-0.25, -0.2) is 4.68 Å². The number of aromatic nitrogens is 3. The van der Waals surface area contributed by atoms with Crippen LogP contribution in [0.5, 0.6) is 0 Å². The van der Waals surface area contributed by atoms with E-state index in [0.717, 1.165) is 27.5 Å². The van der Waals surface area contributed by atoms with Gasteiger partial charge in [0.25, 0.3) is 5.56 Å². The number of carboxylic acids is 1. The number of hydrogen-bond donors (Lipinski definition) is 1. The van der Waals surface area contributed by atoms with Crippen LogP contribution in [0.2, 0.25) is 5.02 Å². The molecule has 148 valence electrons. The molecule has 7 heteroatoms. The number of aliphatic carboxylic acids is 1. The summed E-state index contributed by atoms with van der Waals surface area (Å²) in [5.41, 5.74) is 2.80. The van der Waals surface area contributed by atoms with Crippen molar-refractivity contribution in [2.45, 2.75) is 33.4 Å². The first kappa shape index (κ1) is 19.2. The van der Waals surface area contributed by atoms with Crippen molar-refractivity contribution in [3.05, 3.63) is 63.5 Å². The lowest BCUT2D eigenvalue weighted by Gasteiger charge is -2.14. The van der Waals surface area contributed by atoms with Gasteiger partial charge in [0.05, 0.1) is 11.4 Å². The van der Waals surface area contributed by atoms with Gasteiger partial charge < -0.3 is 9.67 Å². The maximum absolute atomic E-state index is 12.9. The minimum atomic E-state index is -0.934. The fourth-order valence-electron chi connectivity index (χ4n) is 3.83. The average molecular weight is 410 g/mol. The smallest absolute Gasteiger partial charge is 0.323 e. The lowest BCUT2D eigenvalue weighted by atomic mass is 10.0. The number of carbonyl (C=O) groups is 1. The van der Waals surface area contributed by atoms with Crippen LogP contribution < -0.4 is 5.56 Å². The number of nitrogens with zero attached hydrogens (tertiary/aromatic N) is 3. The van der Waals surface area contributed by atoms with E-state index in [1.165, 1.54) is 4.68 Å². The van der Waals surface area contributed by atoms with E-state index in [2.05, 4.69) is 0 Å². The van der Waals surface area contributed by atoms with Crippen LogP contribution in [-0.4, -0.2) is 25.4 Å². The molecule has 29 heavy (non-hydrogen) atoms. The zero-order valence-corrected chi connectivity index (χ0v) is 17.1. The van der Waals surface area contributed by atoms with Crippen molar-refractivity contribution in [2.24, 2.45) is 0 Å². The molecule has 0 spiro atoms. The van der Waals surface area contributed by atoms with Crippen LogP contribution in [0.15, 0.2) is 47.3 Å². The van der Waals surface area contributed by atoms with E-state index in [1.807, 2.05) is 51.1 Å². The van der Waals surface area contributed by atoms with Crippen LogP contribution in [-0.2, 0) is 11.3 Å². The van der Waals surface area contributed by atoms with Crippen molar-refractivity contribution in [3.8, 4) is 11.3 Å². The Kier molecular flexibility index (Phi) is 4.67. The Labute approximate surface area is 171 Å². The topological polar surface area (TPSA) is 77.1 Å². The number of halogens is 1. The Morgan fingerprint density at radius 2 is 1.83 bits per heavy atom. The van der Waals surface area contributed by atoms with Crippen molar-refractivity contribution in [1.82, 2.24) is 14.3 Å². The highest BCUT2D eigenvalue weighted by atomic mass is 35.5. The monoisotopic (exact) mass is 409 g/mol. The molecular weight excluding hydrogens is 390 g/mol. The zero-order valence-electron chi connectivity index (χ0n) is 16.3. The Morgan fingerprint density at radius 1 is 1.14 bits per heavy atom. The molecule has 0 radical (unpaired) electrons. The lowest BCUT2D eigenvalue weighted by molar-refractivity contribution is -0.137. The molecule has 0 bridgehead atoms. The van der Waals surface area contributed by atoms with Crippen LogP contribution >= 0.6 is 11.6 Å². The Bertz CT molecular complexity index is 1330. The third kappa shape index (κ3) is 3.09. The van der Waals surface area contributed by atoms with Gasteiger partial charge in [0.2, 0.25) is 0 Å². The standard InChI is InChI=1S/C22H20ClN3O3/c1-12(2)26-22(29)16-7-5-4-6-15(16)21(24-26)20-13(3)25(11-19(27)28)18-9-8-14(23)10-17(18)20/h4-10,12H,11H2,1-3H3,(H,27,28). The predicted octanol–water partition coefficient (Wildman–Crippen LogP) is 4.65. The van der Waals surface area contributed by atoms with Gasteiger partial charge in [0, 0.05) is 32.6 Å². The highest BCUT2D eigenvalue weighted by molar-refractivity contribution is 6.31. The number of rotatable bonds is 4. The van der Waals surface area contributed by atoms with Crippen LogP contribution in [0.1, 0.15) is 25.6 Å². The zero-order chi connectivity index (χ0) is 20.9. The lowest BCUT2D eigenvalue weighted by Crippen LogP contribution is -2.25. The summed E-state index contributed by atoms with van der Waals surface area (Å²) in [4.78, 5) is 24.4. The highest BCUT2D eigenvalue weighted by Gasteiger charge is 2.22. The summed E-state index contributed by atoms with van der Waals surface area (Å²) in [7, 11) is 0. The molecule has 0 aliphatic heterocycles. The van der Waals surface area contributed by atoms with E-state index in [9.17, 15) is 14.7 Å². The largest absolute Gasteiger partial charge is 0.480 e. The summed E-state index contributed by atoms with van der Waals surface area (Å²) < 4.78 is 3.21. The van der Waals surface area contributed by atoms with E-state index < -0.39 is 5.97 Å². The molecule has 0 atom stereocenters. The molecule has 2 aromatic heterocycles. The van der Waals surface area contributed by atoms with Crippen LogP contribution in [0.4, 0.5) is 0 Å². The number of carboxylic acid groups (broad SMARTS) is 1. The number of fused-ring (bicyclic) bond motifs is 2. The normalized spacial score (nSPS) is 11.6. The van der Waals surface area contributed by atoms with E-state index in [4.69, 9.17) is 16.7 Å². The van der Waals surface area contributed by atoms with Crippen LogP contribution in [0.3, 0.4) is 0 Å². The Morgan fingerprint density at radius 3 is 2.48 bits per heavy atom. The number of hydrogen-bond acceptors (Lipinski definition) is 3. The summed E-state index contributed by atoms with van der Waals surface area (Å²) in [6.45, 7) is 5.51. The molecule has 0 amide bonds. The van der Waals surface area contributed by atoms with E-state index in [0.29, 0.717) is 16.1 Å². The molecule has 0 saturated carbocycles. The SMILES string of the molecule is Cc1c(-c2nn(C(C)C)c(=O)c3ccccc23)c2cc(Cl)ccc2n1CC(=O)O. The van der Waals surface area contributed by atoms with Crippen molar-refractivity contribution < 1.29 is 9.90 Å². The molecule has 4 aromatic rings. The third-order valence-corrected chi connectivity index (χ3v) is 5.37.